The SMILES string of the molecule is O=C(Cn1c(CCNC(=O)C23CC4CC(CC(C4)C2)C3)nc2ccccc21)N1CCCCC1. The number of carbonyl (C=O) groups is 2. The van der Waals surface area contributed by atoms with E-state index >= 15 is 0 Å². The molecule has 33 heavy (non-hydrogen) atoms. The highest BCUT2D eigenvalue weighted by Crippen LogP contribution is 2.60. The van der Waals surface area contributed by atoms with Crippen LogP contribution in [0.1, 0.15) is 63.6 Å². The first-order chi connectivity index (χ1) is 16.1. The van der Waals surface area contributed by atoms with Crippen LogP contribution in [-0.4, -0.2) is 45.9 Å². The lowest BCUT2D eigenvalue weighted by atomic mass is 9.49. The van der Waals surface area contributed by atoms with Crippen molar-refractivity contribution in [1.29, 1.82) is 0 Å². The Morgan fingerprint density at radius 3 is 2.33 bits per heavy atom. The van der Waals surface area contributed by atoms with Crippen LogP contribution >= 0.6 is 0 Å². The number of para-hydroxylation sites is 2. The van der Waals surface area contributed by atoms with Gasteiger partial charge in [0.15, 0.2) is 0 Å². The van der Waals surface area contributed by atoms with Crippen LogP contribution in [0.15, 0.2) is 24.3 Å². The molecule has 176 valence electrons. The molecule has 6 nitrogen and oxygen atoms in total. The summed E-state index contributed by atoms with van der Waals surface area (Å²) in [6.07, 6.45) is 11.4. The smallest absolute Gasteiger partial charge is 0.242 e. The average molecular weight is 449 g/mol. The Labute approximate surface area is 196 Å². The van der Waals surface area contributed by atoms with Crippen molar-refractivity contribution in [1.82, 2.24) is 19.8 Å². The third kappa shape index (κ3) is 3.95. The van der Waals surface area contributed by atoms with Crippen molar-refractivity contribution in [3.63, 3.8) is 0 Å². The number of rotatable bonds is 6. The average Bonchev–Trinajstić information content (AvgIpc) is 3.16. The molecule has 4 saturated carbocycles. The van der Waals surface area contributed by atoms with Gasteiger partial charge in [0.25, 0.3) is 0 Å². The molecule has 6 heteroatoms. The molecule has 1 aromatic carbocycles. The molecule has 0 unspecified atom stereocenters. The van der Waals surface area contributed by atoms with Crippen LogP contribution in [0.2, 0.25) is 0 Å². The third-order valence-corrected chi connectivity index (χ3v) is 8.89. The minimum absolute atomic E-state index is 0.112. The first-order valence-electron chi connectivity index (χ1n) is 13.1. The van der Waals surface area contributed by atoms with E-state index in [0.717, 1.165) is 79.8 Å². The van der Waals surface area contributed by atoms with Crippen LogP contribution in [0.4, 0.5) is 0 Å². The zero-order chi connectivity index (χ0) is 22.4. The van der Waals surface area contributed by atoms with Crippen LogP contribution in [-0.2, 0) is 22.6 Å². The Morgan fingerprint density at radius 1 is 0.970 bits per heavy atom. The normalized spacial score (nSPS) is 30.7. The number of likely N-dealkylation sites (tertiary alicyclic amines) is 1. The summed E-state index contributed by atoms with van der Waals surface area (Å²) >= 11 is 0. The highest BCUT2D eigenvalue weighted by atomic mass is 16.2. The lowest BCUT2D eigenvalue weighted by Gasteiger charge is -2.55. The molecule has 2 amide bonds. The Morgan fingerprint density at radius 2 is 1.64 bits per heavy atom. The zero-order valence-corrected chi connectivity index (χ0v) is 19.6. The van der Waals surface area contributed by atoms with Gasteiger partial charge in [-0.25, -0.2) is 4.98 Å². The Balaban J connectivity index is 1.15. The van der Waals surface area contributed by atoms with Crippen molar-refractivity contribution in [2.75, 3.05) is 19.6 Å². The fraction of sp³-hybridized carbons (Fsp3) is 0.667. The van der Waals surface area contributed by atoms with Crippen molar-refractivity contribution >= 4 is 22.8 Å². The molecule has 2 heterocycles. The molecular weight excluding hydrogens is 412 g/mol. The predicted octanol–water partition coefficient (Wildman–Crippen LogP) is 3.92. The van der Waals surface area contributed by atoms with Crippen molar-refractivity contribution in [2.45, 2.75) is 70.8 Å². The maximum Gasteiger partial charge on any atom is 0.242 e. The molecule has 4 bridgehead atoms. The number of benzene rings is 1. The van der Waals surface area contributed by atoms with E-state index in [0.29, 0.717) is 19.5 Å². The number of amides is 2. The van der Waals surface area contributed by atoms with Gasteiger partial charge in [-0.15, -0.1) is 0 Å². The van der Waals surface area contributed by atoms with Crippen LogP contribution < -0.4 is 5.32 Å². The van der Waals surface area contributed by atoms with Gasteiger partial charge in [0.2, 0.25) is 11.8 Å². The number of carbonyl (C=O) groups excluding carboxylic acids is 2. The number of imidazole rings is 1. The number of hydrogen-bond acceptors (Lipinski definition) is 3. The van der Waals surface area contributed by atoms with Crippen LogP contribution in [0, 0.1) is 23.2 Å². The van der Waals surface area contributed by atoms with E-state index in [1.165, 1.54) is 25.7 Å². The van der Waals surface area contributed by atoms with Crippen molar-refractivity contribution in [2.24, 2.45) is 23.2 Å². The molecule has 1 aliphatic heterocycles. The van der Waals surface area contributed by atoms with E-state index in [1.54, 1.807) is 0 Å². The van der Waals surface area contributed by atoms with E-state index in [-0.39, 0.29) is 17.2 Å². The highest BCUT2D eigenvalue weighted by molar-refractivity contribution is 5.83. The van der Waals surface area contributed by atoms with Crippen molar-refractivity contribution < 1.29 is 9.59 Å². The van der Waals surface area contributed by atoms with Gasteiger partial charge in [0, 0.05) is 31.5 Å². The topological polar surface area (TPSA) is 67.2 Å². The minimum Gasteiger partial charge on any atom is -0.355 e. The maximum absolute atomic E-state index is 13.3. The van der Waals surface area contributed by atoms with Gasteiger partial charge in [-0.2, -0.15) is 0 Å². The molecule has 0 atom stereocenters. The summed E-state index contributed by atoms with van der Waals surface area (Å²) in [4.78, 5) is 33.2. The molecule has 5 aliphatic rings. The van der Waals surface area contributed by atoms with Gasteiger partial charge in [-0.3, -0.25) is 9.59 Å². The van der Waals surface area contributed by atoms with Gasteiger partial charge in [0.1, 0.15) is 12.4 Å². The lowest BCUT2D eigenvalue weighted by molar-refractivity contribution is -0.146. The molecule has 5 fully saturated rings. The first-order valence-corrected chi connectivity index (χ1v) is 13.1. The van der Waals surface area contributed by atoms with Crippen molar-refractivity contribution in [3.05, 3.63) is 30.1 Å². The van der Waals surface area contributed by atoms with Gasteiger partial charge in [0.05, 0.1) is 11.0 Å². The van der Waals surface area contributed by atoms with Crippen LogP contribution in [0.25, 0.3) is 11.0 Å². The molecular formula is C27H36N4O2. The fourth-order valence-corrected chi connectivity index (χ4v) is 7.74. The second-order valence-electron chi connectivity index (χ2n) is 11.2. The fourth-order valence-electron chi connectivity index (χ4n) is 7.74. The highest BCUT2D eigenvalue weighted by Gasteiger charge is 2.54. The minimum atomic E-state index is -0.112. The summed E-state index contributed by atoms with van der Waals surface area (Å²) in [5, 5.41) is 3.29. The van der Waals surface area contributed by atoms with Gasteiger partial charge < -0.3 is 14.8 Å². The molecule has 1 aromatic heterocycles. The quantitative estimate of drug-likeness (QED) is 0.728. The second kappa shape index (κ2) is 8.44. The molecule has 0 radical (unpaired) electrons. The monoisotopic (exact) mass is 448 g/mol. The molecule has 1 saturated heterocycles. The second-order valence-corrected chi connectivity index (χ2v) is 11.2. The molecule has 7 rings (SSSR count). The number of nitrogens with one attached hydrogen (secondary N) is 1. The molecule has 2 aromatic rings. The standard InChI is InChI=1S/C27H36N4O2/c32-25(30-10-4-1-5-11-30)18-31-23-7-3-2-6-22(23)29-24(31)8-9-28-26(33)27-15-19-12-20(16-27)14-21(13-19)17-27/h2-3,6-7,19-21H,1,4-5,8-18H2,(H,28,33). The Kier molecular flexibility index (Phi) is 5.42. The maximum atomic E-state index is 13.3. The van der Waals surface area contributed by atoms with E-state index in [2.05, 4.69) is 9.88 Å². The Hall–Kier alpha value is -2.37. The zero-order valence-electron chi connectivity index (χ0n) is 19.6. The summed E-state index contributed by atoms with van der Waals surface area (Å²) in [5.74, 6) is 3.66. The summed E-state index contributed by atoms with van der Waals surface area (Å²) < 4.78 is 2.07. The summed E-state index contributed by atoms with van der Waals surface area (Å²) in [5.41, 5.74) is 1.82. The number of nitrogens with zero attached hydrogens (tertiary/aromatic N) is 3. The number of fused-ring (bicyclic) bond motifs is 1. The van der Waals surface area contributed by atoms with Gasteiger partial charge in [-0.1, -0.05) is 12.1 Å². The molecule has 1 N–H and O–H groups in total. The van der Waals surface area contributed by atoms with Crippen molar-refractivity contribution in [3.8, 4) is 0 Å². The largest absolute Gasteiger partial charge is 0.355 e. The first kappa shape index (κ1) is 21.2. The summed E-state index contributed by atoms with van der Waals surface area (Å²) in [6, 6.07) is 8.05. The van der Waals surface area contributed by atoms with Crippen LogP contribution in [0.5, 0.6) is 0 Å². The van der Waals surface area contributed by atoms with Gasteiger partial charge in [-0.05, 0) is 87.7 Å². The third-order valence-electron chi connectivity index (χ3n) is 8.89. The number of hydrogen-bond donors (Lipinski definition) is 1. The molecule has 0 spiro atoms. The van der Waals surface area contributed by atoms with E-state index in [1.807, 2.05) is 29.2 Å². The van der Waals surface area contributed by atoms with E-state index < -0.39 is 0 Å². The summed E-state index contributed by atoms with van der Waals surface area (Å²) in [6.45, 7) is 2.64. The molecule has 4 aliphatic carbocycles. The van der Waals surface area contributed by atoms with Crippen LogP contribution in [0.3, 0.4) is 0 Å². The number of aromatic nitrogens is 2. The predicted molar refractivity (Wildman–Crippen MR) is 127 cm³/mol. The Bertz CT molecular complexity index is 1020. The lowest BCUT2D eigenvalue weighted by Crippen LogP contribution is -2.53. The van der Waals surface area contributed by atoms with Gasteiger partial charge >= 0.3 is 0 Å². The number of piperidine rings is 1. The summed E-state index contributed by atoms with van der Waals surface area (Å²) in [7, 11) is 0. The van der Waals surface area contributed by atoms with E-state index in [9.17, 15) is 9.59 Å². The van der Waals surface area contributed by atoms with E-state index in [4.69, 9.17) is 4.98 Å².